The van der Waals surface area contributed by atoms with Gasteiger partial charge >= 0.3 is 0 Å². The fourth-order valence-corrected chi connectivity index (χ4v) is 3.37. The third-order valence-electron chi connectivity index (χ3n) is 2.65. The number of nitrogens with one attached hydrogen (secondary N) is 1. The number of sulfonamides is 1. The van der Waals surface area contributed by atoms with Gasteiger partial charge in [-0.1, -0.05) is 0 Å². The average Bonchev–Trinajstić information content (AvgIpc) is 2.41. The summed E-state index contributed by atoms with van der Waals surface area (Å²) >= 11 is 3.24. The molecule has 0 heterocycles. The molecule has 0 spiro atoms. The maximum atomic E-state index is 13.7. The SMILES string of the molecule is COc1ccc(NS(=O)(=O)c2cc(N)ccc2F)cc1Br. The minimum Gasteiger partial charge on any atom is -0.496 e. The van der Waals surface area contributed by atoms with Crippen LogP contribution in [0, 0.1) is 5.82 Å². The topological polar surface area (TPSA) is 81.4 Å². The second-order valence-electron chi connectivity index (χ2n) is 4.14. The van der Waals surface area contributed by atoms with Gasteiger partial charge in [0.25, 0.3) is 10.0 Å². The van der Waals surface area contributed by atoms with Gasteiger partial charge in [-0.3, -0.25) is 4.72 Å². The summed E-state index contributed by atoms with van der Waals surface area (Å²) in [6, 6.07) is 7.96. The Balaban J connectivity index is 2.37. The Labute approximate surface area is 130 Å². The van der Waals surface area contributed by atoms with Crippen molar-refractivity contribution in [2.24, 2.45) is 0 Å². The molecule has 21 heavy (non-hydrogen) atoms. The van der Waals surface area contributed by atoms with E-state index in [0.717, 1.165) is 12.1 Å². The Morgan fingerprint density at radius 3 is 2.57 bits per heavy atom. The summed E-state index contributed by atoms with van der Waals surface area (Å²) in [6.07, 6.45) is 0. The number of ether oxygens (including phenoxy) is 1. The highest BCUT2D eigenvalue weighted by Gasteiger charge is 2.20. The highest BCUT2D eigenvalue weighted by molar-refractivity contribution is 9.10. The number of anilines is 2. The Kier molecular flexibility index (Phi) is 4.38. The number of benzene rings is 2. The average molecular weight is 375 g/mol. The van der Waals surface area contributed by atoms with Crippen LogP contribution < -0.4 is 15.2 Å². The lowest BCUT2D eigenvalue weighted by Crippen LogP contribution is -2.15. The van der Waals surface area contributed by atoms with Crippen molar-refractivity contribution in [3.05, 3.63) is 46.7 Å². The zero-order chi connectivity index (χ0) is 15.6. The molecule has 0 aliphatic carbocycles. The Hall–Kier alpha value is -1.80. The number of rotatable bonds is 4. The lowest BCUT2D eigenvalue weighted by Gasteiger charge is -2.11. The summed E-state index contributed by atoms with van der Waals surface area (Å²) in [7, 11) is -2.58. The van der Waals surface area contributed by atoms with E-state index in [2.05, 4.69) is 20.7 Å². The number of hydrogen-bond donors (Lipinski definition) is 2. The Morgan fingerprint density at radius 1 is 1.24 bits per heavy atom. The molecule has 0 atom stereocenters. The predicted octanol–water partition coefficient (Wildman–Crippen LogP) is 2.98. The summed E-state index contributed by atoms with van der Waals surface area (Å²) in [5, 5.41) is 0. The van der Waals surface area contributed by atoms with E-state index in [1.807, 2.05) is 0 Å². The zero-order valence-electron chi connectivity index (χ0n) is 10.9. The maximum absolute atomic E-state index is 13.7. The van der Waals surface area contributed by atoms with Gasteiger partial charge in [-0.25, -0.2) is 12.8 Å². The molecule has 2 aromatic rings. The predicted molar refractivity (Wildman–Crippen MR) is 82.3 cm³/mol. The third-order valence-corrected chi connectivity index (χ3v) is 4.66. The van der Waals surface area contributed by atoms with Gasteiger partial charge in [-0.15, -0.1) is 0 Å². The molecule has 0 aliphatic heterocycles. The molecule has 0 bridgehead atoms. The Bertz CT molecular complexity index is 781. The summed E-state index contributed by atoms with van der Waals surface area (Å²) in [6.45, 7) is 0. The number of hydrogen-bond acceptors (Lipinski definition) is 4. The van der Waals surface area contributed by atoms with Crippen molar-refractivity contribution >= 4 is 37.3 Å². The fraction of sp³-hybridized carbons (Fsp3) is 0.0769. The molecule has 0 fully saturated rings. The van der Waals surface area contributed by atoms with Crippen molar-refractivity contribution in [2.75, 3.05) is 17.6 Å². The van der Waals surface area contributed by atoms with Crippen molar-refractivity contribution in [2.45, 2.75) is 4.90 Å². The molecule has 0 amide bonds. The summed E-state index contributed by atoms with van der Waals surface area (Å²) < 4.78 is 45.9. The molecule has 5 nitrogen and oxygen atoms in total. The molecule has 8 heteroatoms. The van der Waals surface area contributed by atoms with Crippen molar-refractivity contribution in [1.29, 1.82) is 0 Å². The number of nitrogens with two attached hydrogens (primary N) is 1. The first-order valence-corrected chi connectivity index (χ1v) is 8.02. The first-order chi connectivity index (χ1) is 9.83. The standard InChI is InChI=1S/C13H12BrFN2O3S/c1-20-12-5-3-9(7-10(12)14)17-21(18,19)13-6-8(16)2-4-11(13)15/h2-7,17H,16H2,1H3. The van der Waals surface area contributed by atoms with Gasteiger partial charge in [0.05, 0.1) is 17.3 Å². The van der Waals surface area contributed by atoms with Crippen LogP contribution in [0.3, 0.4) is 0 Å². The van der Waals surface area contributed by atoms with Crippen LogP contribution in [-0.4, -0.2) is 15.5 Å². The monoisotopic (exact) mass is 374 g/mol. The van der Waals surface area contributed by atoms with E-state index in [4.69, 9.17) is 10.5 Å². The smallest absolute Gasteiger partial charge is 0.264 e. The fourth-order valence-electron chi connectivity index (χ4n) is 1.67. The first kappa shape index (κ1) is 15.6. The van der Waals surface area contributed by atoms with E-state index in [0.29, 0.717) is 10.2 Å². The van der Waals surface area contributed by atoms with Gasteiger partial charge in [0, 0.05) is 5.69 Å². The summed E-state index contributed by atoms with van der Waals surface area (Å²) in [5.74, 6) is -0.322. The zero-order valence-corrected chi connectivity index (χ0v) is 13.3. The van der Waals surface area contributed by atoms with Crippen LogP contribution in [0.2, 0.25) is 0 Å². The van der Waals surface area contributed by atoms with E-state index < -0.39 is 20.7 Å². The van der Waals surface area contributed by atoms with E-state index in [-0.39, 0.29) is 11.4 Å². The van der Waals surface area contributed by atoms with E-state index >= 15 is 0 Å². The highest BCUT2D eigenvalue weighted by Crippen LogP contribution is 2.29. The molecule has 0 aromatic heterocycles. The first-order valence-electron chi connectivity index (χ1n) is 5.75. The number of nitrogen functional groups attached to an aromatic ring is 1. The second-order valence-corrected chi connectivity index (χ2v) is 6.65. The molecular formula is C13H12BrFN2O3S. The van der Waals surface area contributed by atoms with Crippen LogP contribution >= 0.6 is 15.9 Å². The van der Waals surface area contributed by atoms with Crippen LogP contribution in [0.15, 0.2) is 45.8 Å². The van der Waals surface area contributed by atoms with Crippen LogP contribution in [-0.2, 0) is 10.0 Å². The second kappa shape index (κ2) is 5.90. The number of methoxy groups -OCH3 is 1. The molecule has 3 N–H and O–H groups in total. The molecule has 0 radical (unpaired) electrons. The molecule has 2 rings (SSSR count). The maximum Gasteiger partial charge on any atom is 0.264 e. The van der Waals surface area contributed by atoms with Gasteiger partial charge in [0.15, 0.2) is 0 Å². The minimum atomic E-state index is -4.07. The Morgan fingerprint density at radius 2 is 1.95 bits per heavy atom. The van der Waals surface area contributed by atoms with Crippen LogP contribution in [0.1, 0.15) is 0 Å². The van der Waals surface area contributed by atoms with Crippen molar-refractivity contribution in [1.82, 2.24) is 0 Å². The van der Waals surface area contributed by atoms with Gasteiger partial charge in [0.2, 0.25) is 0 Å². The highest BCUT2D eigenvalue weighted by atomic mass is 79.9. The molecule has 0 unspecified atom stereocenters. The largest absolute Gasteiger partial charge is 0.496 e. The summed E-state index contributed by atoms with van der Waals surface area (Å²) in [5.41, 5.74) is 5.92. The van der Waals surface area contributed by atoms with Gasteiger partial charge in [-0.05, 0) is 52.3 Å². The third kappa shape index (κ3) is 3.45. The normalized spacial score (nSPS) is 11.2. The minimum absolute atomic E-state index is 0.160. The van der Waals surface area contributed by atoms with E-state index in [1.165, 1.54) is 25.3 Å². The van der Waals surface area contributed by atoms with E-state index in [9.17, 15) is 12.8 Å². The van der Waals surface area contributed by atoms with Gasteiger partial charge in [-0.2, -0.15) is 0 Å². The van der Waals surface area contributed by atoms with Crippen molar-refractivity contribution in [3.63, 3.8) is 0 Å². The van der Waals surface area contributed by atoms with Crippen LogP contribution in [0.25, 0.3) is 0 Å². The van der Waals surface area contributed by atoms with Gasteiger partial charge in [0.1, 0.15) is 16.5 Å². The van der Waals surface area contributed by atoms with Crippen LogP contribution in [0.5, 0.6) is 5.75 Å². The van der Waals surface area contributed by atoms with E-state index in [1.54, 1.807) is 6.07 Å². The summed E-state index contributed by atoms with van der Waals surface area (Å²) in [4.78, 5) is -0.505. The van der Waals surface area contributed by atoms with Gasteiger partial charge < -0.3 is 10.5 Å². The molecule has 2 aromatic carbocycles. The molecule has 112 valence electrons. The lowest BCUT2D eigenvalue weighted by atomic mass is 10.3. The van der Waals surface area contributed by atoms with Crippen LogP contribution in [0.4, 0.5) is 15.8 Å². The number of halogens is 2. The molecule has 0 saturated heterocycles. The molecule has 0 saturated carbocycles. The molecule has 0 aliphatic rings. The lowest BCUT2D eigenvalue weighted by molar-refractivity contribution is 0.412. The molecular weight excluding hydrogens is 363 g/mol. The quantitative estimate of drug-likeness (QED) is 0.806. The van der Waals surface area contributed by atoms with Crippen molar-refractivity contribution in [3.8, 4) is 5.75 Å². The van der Waals surface area contributed by atoms with Crippen molar-refractivity contribution < 1.29 is 17.5 Å².